The van der Waals surface area contributed by atoms with Crippen molar-refractivity contribution in [1.82, 2.24) is 0 Å². The van der Waals surface area contributed by atoms with Crippen LogP contribution in [0.4, 0.5) is 0 Å². The standard InChI is InChI=1S/C11H12O3/c1-13-11(12)9-4-2-8(3-5-9)6-10-7-14-10/h2-5,10H,6-7H2,1H3. The summed E-state index contributed by atoms with van der Waals surface area (Å²) in [6, 6.07) is 7.44. The number of rotatable bonds is 3. The predicted molar refractivity (Wildman–Crippen MR) is 51.2 cm³/mol. The van der Waals surface area contributed by atoms with Crippen molar-refractivity contribution in [2.75, 3.05) is 13.7 Å². The first-order valence-corrected chi connectivity index (χ1v) is 4.58. The third kappa shape index (κ3) is 2.12. The summed E-state index contributed by atoms with van der Waals surface area (Å²) >= 11 is 0. The van der Waals surface area contributed by atoms with Gasteiger partial charge in [0, 0.05) is 6.42 Å². The number of esters is 1. The van der Waals surface area contributed by atoms with Gasteiger partial charge in [-0.15, -0.1) is 0 Å². The highest BCUT2D eigenvalue weighted by Gasteiger charge is 2.22. The van der Waals surface area contributed by atoms with E-state index in [1.807, 2.05) is 12.1 Å². The van der Waals surface area contributed by atoms with Gasteiger partial charge in [0.2, 0.25) is 0 Å². The number of carbonyl (C=O) groups excluding carboxylic acids is 1. The third-order valence-electron chi connectivity index (χ3n) is 2.24. The minimum absolute atomic E-state index is 0.292. The summed E-state index contributed by atoms with van der Waals surface area (Å²) in [6.45, 7) is 0.860. The molecule has 3 heteroatoms. The molecular formula is C11H12O3. The summed E-state index contributed by atoms with van der Waals surface area (Å²) in [6.07, 6.45) is 1.32. The Hall–Kier alpha value is -1.35. The zero-order chi connectivity index (χ0) is 9.97. The number of methoxy groups -OCH3 is 1. The fraction of sp³-hybridized carbons (Fsp3) is 0.364. The van der Waals surface area contributed by atoms with Crippen LogP contribution in [0.2, 0.25) is 0 Å². The Labute approximate surface area is 82.6 Å². The Morgan fingerprint density at radius 2 is 2.14 bits per heavy atom. The van der Waals surface area contributed by atoms with E-state index in [1.54, 1.807) is 12.1 Å². The molecule has 1 atom stereocenters. The van der Waals surface area contributed by atoms with Crippen molar-refractivity contribution in [2.45, 2.75) is 12.5 Å². The number of hydrogen-bond donors (Lipinski definition) is 0. The Morgan fingerprint density at radius 3 is 2.64 bits per heavy atom. The fourth-order valence-electron chi connectivity index (χ4n) is 1.34. The third-order valence-corrected chi connectivity index (χ3v) is 2.24. The van der Waals surface area contributed by atoms with E-state index in [0.29, 0.717) is 11.7 Å². The van der Waals surface area contributed by atoms with Gasteiger partial charge in [0.25, 0.3) is 0 Å². The molecule has 0 N–H and O–H groups in total. The van der Waals surface area contributed by atoms with Crippen LogP contribution in [-0.2, 0) is 15.9 Å². The van der Waals surface area contributed by atoms with E-state index >= 15 is 0 Å². The smallest absolute Gasteiger partial charge is 0.337 e. The molecule has 74 valence electrons. The van der Waals surface area contributed by atoms with Crippen molar-refractivity contribution in [3.8, 4) is 0 Å². The van der Waals surface area contributed by atoms with Gasteiger partial charge in [0.15, 0.2) is 0 Å². The van der Waals surface area contributed by atoms with Crippen LogP contribution in [0.5, 0.6) is 0 Å². The quantitative estimate of drug-likeness (QED) is 0.537. The molecule has 0 saturated carbocycles. The molecule has 1 saturated heterocycles. The molecular weight excluding hydrogens is 180 g/mol. The minimum Gasteiger partial charge on any atom is -0.465 e. The van der Waals surface area contributed by atoms with E-state index in [2.05, 4.69) is 4.74 Å². The summed E-state index contributed by atoms with van der Waals surface area (Å²) in [4.78, 5) is 11.1. The summed E-state index contributed by atoms with van der Waals surface area (Å²) in [5.41, 5.74) is 1.79. The molecule has 2 rings (SSSR count). The molecule has 1 aliphatic rings. The topological polar surface area (TPSA) is 38.8 Å². The SMILES string of the molecule is COC(=O)c1ccc(CC2CO2)cc1. The molecule has 0 spiro atoms. The molecule has 1 aliphatic heterocycles. The second-order valence-corrected chi connectivity index (χ2v) is 3.35. The Bertz CT molecular complexity index is 325. The Kier molecular flexibility index (Phi) is 2.50. The van der Waals surface area contributed by atoms with E-state index in [-0.39, 0.29) is 5.97 Å². The molecule has 0 radical (unpaired) electrons. The molecule has 1 heterocycles. The molecule has 1 aromatic carbocycles. The van der Waals surface area contributed by atoms with Crippen LogP contribution in [0.25, 0.3) is 0 Å². The normalized spacial score (nSPS) is 19.1. The zero-order valence-electron chi connectivity index (χ0n) is 8.03. The predicted octanol–water partition coefficient (Wildman–Crippen LogP) is 1.41. The van der Waals surface area contributed by atoms with Gasteiger partial charge in [-0.05, 0) is 17.7 Å². The Balaban J connectivity index is 2.04. The van der Waals surface area contributed by atoms with Gasteiger partial charge >= 0.3 is 5.97 Å². The van der Waals surface area contributed by atoms with Crippen LogP contribution in [-0.4, -0.2) is 25.8 Å². The average molecular weight is 192 g/mol. The fourth-order valence-corrected chi connectivity index (χ4v) is 1.34. The second-order valence-electron chi connectivity index (χ2n) is 3.35. The van der Waals surface area contributed by atoms with Crippen molar-refractivity contribution < 1.29 is 14.3 Å². The largest absolute Gasteiger partial charge is 0.465 e. The maximum Gasteiger partial charge on any atom is 0.337 e. The zero-order valence-corrected chi connectivity index (χ0v) is 8.03. The maximum absolute atomic E-state index is 11.1. The van der Waals surface area contributed by atoms with E-state index in [9.17, 15) is 4.79 Å². The van der Waals surface area contributed by atoms with Gasteiger partial charge in [-0.25, -0.2) is 4.79 Å². The van der Waals surface area contributed by atoms with E-state index in [0.717, 1.165) is 13.0 Å². The monoisotopic (exact) mass is 192 g/mol. The van der Waals surface area contributed by atoms with Crippen LogP contribution < -0.4 is 0 Å². The molecule has 14 heavy (non-hydrogen) atoms. The summed E-state index contributed by atoms with van der Waals surface area (Å²) in [5.74, 6) is -0.292. The molecule has 0 aromatic heterocycles. The molecule has 0 amide bonds. The first-order valence-electron chi connectivity index (χ1n) is 4.58. The summed E-state index contributed by atoms with van der Waals surface area (Å²) in [7, 11) is 1.38. The van der Waals surface area contributed by atoms with Gasteiger partial charge in [-0.2, -0.15) is 0 Å². The number of carbonyl (C=O) groups is 1. The first-order chi connectivity index (χ1) is 6.79. The van der Waals surface area contributed by atoms with Gasteiger partial charge in [-0.3, -0.25) is 0 Å². The molecule has 3 nitrogen and oxygen atoms in total. The van der Waals surface area contributed by atoms with Crippen LogP contribution >= 0.6 is 0 Å². The van der Waals surface area contributed by atoms with Gasteiger partial charge in [0.05, 0.1) is 25.4 Å². The molecule has 0 bridgehead atoms. The highest BCUT2D eigenvalue weighted by atomic mass is 16.6. The minimum atomic E-state index is -0.292. The van der Waals surface area contributed by atoms with Gasteiger partial charge in [-0.1, -0.05) is 12.1 Å². The highest BCUT2D eigenvalue weighted by molar-refractivity contribution is 5.89. The first kappa shape index (κ1) is 9.21. The lowest BCUT2D eigenvalue weighted by atomic mass is 10.1. The van der Waals surface area contributed by atoms with Crippen molar-refractivity contribution in [3.63, 3.8) is 0 Å². The van der Waals surface area contributed by atoms with Crippen molar-refractivity contribution >= 4 is 5.97 Å². The van der Waals surface area contributed by atoms with Crippen LogP contribution in [0.3, 0.4) is 0 Å². The number of benzene rings is 1. The molecule has 1 aromatic rings. The van der Waals surface area contributed by atoms with Crippen molar-refractivity contribution in [1.29, 1.82) is 0 Å². The maximum atomic E-state index is 11.1. The van der Waals surface area contributed by atoms with E-state index in [1.165, 1.54) is 12.7 Å². The number of epoxide rings is 1. The average Bonchev–Trinajstić information content (AvgIpc) is 3.02. The summed E-state index contributed by atoms with van der Waals surface area (Å²) < 4.78 is 9.73. The van der Waals surface area contributed by atoms with E-state index in [4.69, 9.17) is 4.74 Å². The molecule has 1 fully saturated rings. The lowest BCUT2D eigenvalue weighted by molar-refractivity contribution is 0.0601. The highest BCUT2D eigenvalue weighted by Crippen LogP contribution is 2.16. The van der Waals surface area contributed by atoms with Crippen molar-refractivity contribution in [3.05, 3.63) is 35.4 Å². The van der Waals surface area contributed by atoms with Crippen molar-refractivity contribution in [2.24, 2.45) is 0 Å². The van der Waals surface area contributed by atoms with Gasteiger partial charge < -0.3 is 9.47 Å². The lowest BCUT2D eigenvalue weighted by Gasteiger charge is -2.00. The number of ether oxygens (including phenoxy) is 2. The van der Waals surface area contributed by atoms with Crippen LogP contribution in [0, 0.1) is 0 Å². The number of hydrogen-bond acceptors (Lipinski definition) is 3. The second kappa shape index (κ2) is 3.80. The lowest BCUT2D eigenvalue weighted by Crippen LogP contribution is -2.01. The molecule has 0 aliphatic carbocycles. The Morgan fingerprint density at radius 1 is 1.50 bits per heavy atom. The summed E-state index contributed by atoms with van der Waals surface area (Å²) in [5, 5.41) is 0. The van der Waals surface area contributed by atoms with E-state index < -0.39 is 0 Å². The van der Waals surface area contributed by atoms with Crippen LogP contribution in [0.1, 0.15) is 15.9 Å². The molecule has 1 unspecified atom stereocenters. The van der Waals surface area contributed by atoms with Gasteiger partial charge in [0.1, 0.15) is 0 Å². The van der Waals surface area contributed by atoms with Crippen LogP contribution in [0.15, 0.2) is 24.3 Å².